The second-order valence-corrected chi connectivity index (χ2v) is 11.7. The van der Waals surface area contributed by atoms with Crippen LogP contribution in [0.25, 0.3) is 10.5 Å². The minimum absolute atomic E-state index is 0.225. The predicted octanol–water partition coefficient (Wildman–Crippen LogP) is 5.04. The molecule has 0 unspecified atom stereocenters. The number of carbonyl (C=O) groups excluding carboxylic acids is 3. The highest BCUT2D eigenvalue weighted by atomic mass is 32.1. The van der Waals surface area contributed by atoms with Crippen molar-refractivity contribution in [3.05, 3.63) is 113 Å². The number of rotatable bonds is 7. The van der Waals surface area contributed by atoms with Gasteiger partial charge < -0.3 is 25.8 Å². The molecule has 2 aromatic heterocycles. The van der Waals surface area contributed by atoms with Crippen molar-refractivity contribution in [2.24, 2.45) is 0 Å². The molecule has 3 aromatic carbocycles. The van der Waals surface area contributed by atoms with Gasteiger partial charge in [0.2, 0.25) is 0 Å². The number of piperazine rings is 1. The Kier molecular flexibility index (Phi) is 7.17. The molecule has 2 amide bonds. The Morgan fingerprint density at radius 2 is 1.75 bits per heavy atom. The fourth-order valence-electron chi connectivity index (χ4n) is 5.40. The van der Waals surface area contributed by atoms with Crippen molar-refractivity contribution in [1.29, 1.82) is 0 Å². The highest BCUT2D eigenvalue weighted by Gasteiger charge is 2.25. The van der Waals surface area contributed by atoms with Crippen LogP contribution in [0.4, 0.5) is 22.7 Å². The van der Waals surface area contributed by atoms with Crippen LogP contribution in [-0.2, 0) is 4.79 Å². The number of imidazole rings is 1. The van der Waals surface area contributed by atoms with Gasteiger partial charge in [-0.2, -0.15) is 0 Å². The van der Waals surface area contributed by atoms with Gasteiger partial charge in [-0.3, -0.25) is 18.8 Å². The van der Waals surface area contributed by atoms with E-state index in [1.807, 2.05) is 23.7 Å². The quantitative estimate of drug-likeness (QED) is 0.177. The van der Waals surface area contributed by atoms with E-state index in [1.165, 1.54) is 17.0 Å². The summed E-state index contributed by atoms with van der Waals surface area (Å²) >= 11 is 1.44. The zero-order chi connectivity index (χ0) is 30.2. The number of nitrogens with zero attached hydrogens (tertiary/aromatic N) is 4. The molecule has 220 valence electrons. The van der Waals surface area contributed by atoms with E-state index in [9.17, 15) is 14.4 Å². The van der Waals surface area contributed by atoms with Crippen molar-refractivity contribution in [3.63, 3.8) is 0 Å². The number of nitrogens with one attached hydrogen (secondary N) is 3. The summed E-state index contributed by atoms with van der Waals surface area (Å²) < 4.78 is 1.79. The summed E-state index contributed by atoms with van der Waals surface area (Å²) in [6, 6.07) is 20.1. The average molecular weight is 604 g/mol. The van der Waals surface area contributed by atoms with E-state index in [1.54, 1.807) is 59.3 Å². The zero-order valence-corrected chi connectivity index (χ0v) is 24.7. The molecular formula is C33H29N7O3S. The molecule has 5 aromatic rings. The highest BCUT2D eigenvalue weighted by molar-refractivity contribution is 7.15. The van der Waals surface area contributed by atoms with Gasteiger partial charge in [-0.05, 0) is 49.5 Å². The van der Waals surface area contributed by atoms with Crippen molar-refractivity contribution in [2.45, 2.75) is 0 Å². The van der Waals surface area contributed by atoms with Crippen LogP contribution in [0.2, 0.25) is 0 Å². The number of hydrogen-bond donors (Lipinski definition) is 3. The molecule has 11 heteroatoms. The van der Waals surface area contributed by atoms with E-state index in [-0.39, 0.29) is 17.6 Å². The topological polar surface area (TPSA) is 111 Å². The predicted molar refractivity (Wildman–Crippen MR) is 174 cm³/mol. The fourth-order valence-corrected chi connectivity index (χ4v) is 6.10. The molecule has 7 rings (SSSR count). The van der Waals surface area contributed by atoms with Gasteiger partial charge >= 0.3 is 0 Å². The lowest BCUT2D eigenvalue weighted by atomic mass is 9.99. The van der Waals surface area contributed by atoms with Gasteiger partial charge in [0, 0.05) is 89.6 Å². The first kappa shape index (κ1) is 27.6. The summed E-state index contributed by atoms with van der Waals surface area (Å²) in [5.41, 5.74) is 5.46. The van der Waals surface area contributed by atoms with Crippen molar-refractivity contribution >= 4 is 62.2 Å². The van der Waals surface area contributed by atoms with E-state index >= 15 is 0 Å². The van der Waals surface area contributed by atoms with Crippen LogP contribution >= 0.6 is 11.3 Å². The summed E-state index contributed by atoms with van der Waals surface area (Å²) in [5.74, 6) is -0.823. The van der Waals surface area contributed by atoms with Crippen LogP contribution in [0.1, 0.15) is 32.0 Å². The zero-order valence-electron chi connectivity index (χ0n) is 23.9. The van der Waals surface area contributed by atoms with E-state index < -0.39 is 0 Å². The van der Waals surface area contributed by atoms with Crippen LogP contribution in [-0.4, -0.2) is 65.1 Å². The van der Waals surface area contributed by atoms with Gasteiger partial charge in [-0.15, -0.1) is 11.3 Å². The minimum atomic E-state index is -0.357. The minimum Gasteiger partial charge on any atom is -0.369 e. The molecule has 1 fully saturated rings. The molecule has 0 aliphatic carbocycles. The van der Waals surface area contributed by atoms with E-state index in [4.69, 9.17) is 0 Å². The molecular weight excluding hydrogens is 574 g/mol. The van der Waals surface area contributed by atoms with Crippen LogP contribution < -0.4 is 20.9 Å². The van der Waals surface area contributed by atoms with Crippen molar-refractivity contribution in [1.82, 2.24) is 14.3 Å². The van der Waals surface area contributed by atoms with E-state index in [2.05, 4.69) is 49.9 Å². The lowest BCUT2D eigenvalue weighted by molar-refractivity contribution is -0.110. The lowest BCUT2D eigenvalue weighted by Crippen LogP contribution is -2.44. The third-order valence-electron chi connectivity index (χ3n) is 7.89. The maximum atomic E-state index is 13.4. The number of benzene rings is 3. The van der Waals surface area contributed by atoms with Gasteiger partial charge in [0.15, 0.2) is 10.7 Å². The highest BCUT2D eigenvalue weighted by Crippen LogP contribution is 2.33. The summed E-state index contributed by atoms with van der Waals surface area (Å²) in [6.45, 7) is 4.10. The maximum Gasteiger partial charge on any atom is 0.275 e. The van der Waals surface area contributed by atoms with Crippen LogP contribution in [0.3, 0.4) is 0 Å². The largest absolute Gasteiger partial charge is 0.369 e. The van der Waals surface area contributed by atoms with Crippen molar-refractivity contribution in [2.75, 3.05) is 54.1 Å². The SMILES string of the molecule is CN1CCN(c2ccc(NC=C3C(=O)Nc4cc(C(=O)c5cccc(NC(=O)c6cn7ccsc7n6)c5)ccc43)cc2)CC1. The number of ketones is 1. The van der Waals surface area contributed by atoms with Crippen LogP contribution in [0.15, 0.2) is 90.7 Å². The van der Waals surface area contributed by atoms with Crippen LogP contribution in [0.5, 0.6) is 0 Å². The molecule has 0 spiro atoms. The number of thiazole rings is 1. The molecule has 0 bridgehead atoms. The number of hydrogen-bond acceptors (Lipinski definition) is 8. The maximum absolute atomic E-state index is 13.4. The number of aromatic nitrogens is 2. The molecule has 2 aliphatic rings. The average Bonchev–Trinajstić information content (AvgIpc) is 3.74. The number of carbonyl (C=O) groups is 3. The third kappa shape index (κ3) is 5.46. The number of anilines is 4. The van der Waals surface area contributed by atoms with E-state index in [0.717, 1.165) is 36.8 Å². The van der Waals surface area contributed by atoms with E-state index in [0.29, 0.717) is 39.3 Å². The third-order valence-corrected chi connectivity index (χ3v) is 8.66. The first-order chi connectivity index (χ1) is 21.4. The molecule has 0 saturated carbocycles. The van der Waals surface area contributed by atoms with Gasteiger partial charge in [0.25, 0.3) is 11.8 Å². The molecule has 2 aliphatic heterocycles. The first-order valence-corrected chi connectivity index (χ1v) is 15.1. The Labute approximate surface area is 257 Å². The Morgan fingerprint density at radius 1 is 0.955 bits per heavy atom. The molecule has 44 heavy (non-hydrogen) atoms. The van der Waals surface area contributed by atoms with Crippen molar-refractivity contribution in [3.8, 4) is 0 Å². The van der Waals surface area contributed by atoms with Gasteiger partial charge in [-0.25, -0.2) is 4.98 Å². The Morgan fingerprint density at radius 3 is 2.55 bits per heavy atom. The monoisotopic (exact) mass is 603 g/mol. The van der Waals surface area contributed by atoms with Gasteiger partial charge in [-0.1, -0.05) is 24.3 Å². The second-order valence-electron chi connectivity index (χ2n) is 10.8. The van der Waals surface area contributed by atoms with Gasteiger partial charge in [0.05, 0.1) is 5.57 Å². The second kappa shape index (κ2) is 11.4. The summed E-state index contributed by atoms with van der Waals surface area (Å²) in [4.78, 5) is 48.7. The Hall–Kier alpha value is -5.26. The standard InChI is InChI=1S/C33H29N7O3S/c1-38-11-13-39(14-12-38)25-8-6-23(7-9-25)34-19-27-26-10-5-22(18-28(26)36-31(27)42)30(41)21-3-2-4-24(17-21)35-32(43)29-20-40-15-16-44-33(40)37-29/h2-10,15-20,34H,11-14H2,1H3,(H,35,43)(H,36,42). The number of likely N-dealkylation sites (N-methyl/N-ethyl adjacent to an activating group) is 1. The summed E-state index contributed by atoms with van der Waals surface area (Å²) in [6.07, 6.45) is 5.20. The molecule has 1 saturated heterocycles. The first-order valence-electron chi connectivity index (χ1n) is 14.3. The fraction of sp³-hybridized carbons (Fsp3) is 0.152. The molecule has 10 nitrogen and oxygen atoms in total. The summed E-state index contributed by atoms with van der Waals surface area (Å²) in [7, 11) is 2.14. The molecule has 3 N–H and O–H groups in total. The molecule has 0 atom stereocenters. The van der Waals surface area contributed by atoms with Crippen molar-refractivity contribution < 1.29 is 14.4 Å². The Balaban J connectivity index is 1.03. The molecule has 4 heterocycles. The van der Waals surface area contributed by atoms with Crippen LogP contribution in [0, 0.1) is 0 Å². The number of amides is 2. The summed E-state index contributed by atoms with van der Waals surface area (Å²) in [5, 5.41) is 10.8. The lowest BCUT2D eigenvalue weighted by Gasteiger charge is -2.34. The Bertz CT molecular complexity index is 1910. The normalized spacial score (nSPS) is 15.8. The smallest absolute Gasteiger partial charge is 0.275 e. The molecule has 0 radical (unpaired) electrons. The number of fused-ring (bicyclic) bond motifs is 2. The van der Waals surface area contributed by atoms with Gasteiger partial charge in [0.1, 0.15) is 5.69 Å².